The maximum atomic E-state index is 11.0. The van der Waals surface area contributed by atoms with Crippen molar-refractivity contribution < 1.29 is 14.6 Å². The number of carbonyl (C=O) groups is 1. The zero-order valence-corrected chi connectivity index (χ0v) is 17.5. The van der Waals surface area contributed by atoms with Crippen molar-refractivity contribution in [3.05, 3.63) is 12.2 Å². The lowest BCUT2D eigenvalue weighted by Gasteiger charge is -2.07. The lowest BCUT2D eigenvalue weighted by molar-refractivity contribution is -0.150. The van der Waals surface area contributed by atoms with Crippen LogP contribution >= 0.6 is 0 Å². The van der Waals surface area contributed by atoms with Gasteiger partial charge in [0, 0.05) is 0 Å². The highest BCUT2D eigenvalue weighted by Gasteiger charge is 2.13. The maximum Gasteiger partial charge on any atom is 0.334 e. The molecule has 0 radical (unpaired) electrons. The fraction of sp³-hybridized carbons (Fsp3) is 0.870. The van der Waals surface area contributed by atoms with Gasteiger partial charge in [-0.15, -0.1) is 0 Å². The first-order valence-electron chi connectivity index (χ1n) is 11.1. The summed E-state index contributed by atoms with van der Waals surface area (Å²) in [5.74, 6) is -0.508. The van der Waals surface area contributed by atoms with Crippen molar-refractivity contribution in [2.45, 2.75) is 122 Å². The van der Waals surface area contributed by atoms with E-state index in [1.807, 2.05) is 0 Å². The minimum Gasteiger partial charge on any atom is -0.467 e. The molecule has 3 heteroatoms. The number of aliphatic hydroxyl groups is 1. The molecule has 1 atom stereocenters. The SMILES string of the molecule is CCCCCCCC/C=C/CCCCCCCCCCC(O)C(=O)OC. The van der Waals surface area contributed by atoms with Crippen LogP contribution in [0.15, 0.2) is 12.2 Å². The van der Waals surface area contributed by atoms with E-state index in [0.29, 0.717) is 6.42 Å². The monoisotopic (exact) mass is 368 g/mol. The summed E-state index contributed by atoms with van der Waals surface area (Å²) in [4.78, 5) is 11.0. The van der Waals surface area contributed by atoms with Crippen molar-refractivity contribution in [2.24, 2.45) is 0 Å². The summed E-state index contributed by atoms with van der Waals surface area (Å²) in [7, 11) is 1.32. The number of hydrogen-bond donors (Lipinski definition) is 1. The van der Waals surface area contributed by atoms with Gasteiger partial charge in [-0.1, -0.05) is 96.1 Å². The maximum absolute atomic E-state index is 11.0. The minimum absolute atomic E-state index is 0.508. The first kappa shape index (κ1) is 25.2. The van der Waals surface area contributed by atoms with Crippen LogP contribution in [0.5, 0.6) is 0 Å². The molecule has 26 heavy (non-hydrogen) atoms. The lowest BCUT2D eigenvalue weighted by Crippen LogP contribution is -2.21. The van der Waals surface area contributed by atoms with Gasteiger partial charge in [-0.2, -0.15) is 0 Å². The van der Waals surface area contributed by atoms with Gasteiger partial charge < -0.3 is 9.84 Å². The standard InChI is InChI=1S/C23H44O3/c1-3-4-5-6-7-8-9-10-11-12-13-14-15-16-17-18-19-20-21-22(24)23(25)26-2/h10-11,22,24H,3-9,12-21H2,1-2H3/b11-10+. The van der Waals surface area contributed by atoms with Crippen molar-refractivity contribution in [3.8, 4) is 0 Å². The van der Waals surface area contributed by atoms with Crippen LogP contribution in [0.2, 0.25) is 0 Å². The van der Waals surface area contributed by atoms with Gasteiger partial charge in [0.05, 0.1) is 7.11 Å². The molecule has 0 heterocycles. The van der Waals surface area contributed by atoms with E-state index < -0.39 is 12.1 Å². The van der Waals surface area contributed by atoms with Crippen LogP contribution in [0.3, 0.4) is 0 Å². The van der Waals surface area contributed by atoms with E-state index in [1.165, 1.54) is 97.0 Å². The lowest BCUT2D eigenvalue weighted by atomic mass is 10.0. The molecular weight excluding hydrogens is 324 g/mol. The number of allylic oxidation sites excluding steroid dienone is 2. The fourth-order valence-corrected chi connectivity index (χ4v) is 3.19. The third-order valence-electron chi connectivity index (χ3n) is 4.96. The second-order valence-corrected chi connectivity index (χ2v) is 7.47. The second kappa shape index (κ2) is 20.5. The average molecular weight is 369 g/mol. The number of unbranched alkanes of at least 4 members (excludes halogenated alkanes) is 14. The van der Waals surface area contributed by atoms with Crippen molar-refractivity contribution in [1.82, 2.24) is 0 Å². The highest BCUT2D eigenvalue weighted by molar-refractivity contribution is 5.74. The van der Waals surface area contributed by atoms with E-state index in [4.69, 9.17) is 0 Å². The summed E-state index contributed by atoms with van der Waals surface area (Å²) in [5, 5.41) is 9.47. The summed E-state index contributed by atoms with van der Waals surface area (Å²) in [5.41, 5.74) is 0. The molecule has 3 nitrogen and oxygen atoms in total. The van der Waals surface area contributed by atoms with Crippen LogP contribution in [0.25, 0.3) is 0 Å². The number of ether oxygens (including phenoxy) is 1. The molecule has 0 aromatic heterocycles. The van der Waals surface area contributed by atoms with E-state index >= 15 is 0 Å². The van der Waals surface area contributed by atoms with Gasteiger partial charge in [-0.3, -0.25) is 0 Å². The van der Waals surface area contributed by atoms with Crippen LogP contribution < -0.4 is 0 Å². The molecule has 0 aromatic rings. The second-order valence-electron chi connectivity index (χ2n) is 7.47. The molecule has 0 aliphatic carbocycles. The van der Waals surface area contributed by atoms with E-state index in [0.717, 1.165) is 12.8 Å². The van der Waals surface area contributed by atoms with E-state index in [1.54, 1.807) is 0 Å². The zero-order chi connectivity index (χ0) is 19.3. The van der Waals surface area contributed by atoms with Gasteiger partial charge >= 0.3 is 5.97 Å². The first-order valence-corrected chi connectivity index (χ1v) is 11.1. The van der Waals surface area contributed by atoms with E-state index in [9.17, 15) is 9.90 Å². The molecule has 1 unspecified atom stereocenters. The molecular formula is C23H44O3. The topological polar surface area (TPSA) is 46.5 Å². The molecule has 0 rings (SSSR count). The Morgan fingerprint density at radius 1 is 0.769 bits per heavy atom. The summed E-state index contributed by atoms with van der Waals surface area (Å²) in [6, 6.07) is 0. The molecule has 0 aromatic carbocycles. The molecule has 0 saturated carbocycles. The predicted octanol–water partition coefficient (Wildman–Crippen LogP) is 6.73. The molecule has 0 bridgehead atoms. The molecule has 0 aliphatic heterocycles. The Kier molecular flexibility index (Phi) is 19.8. The average Bonchev–Trinajstić information content (AvgIpc) is 2.66. The number of aliphatic hydroxyl groups excluding tert-OH is 1. The molecule has 0 fully saturated rings. The number of methoxy groups -OCH3 is 1. The summed E-state index contributed by atoms with van der Waals surface area (Å²) in [6.07, 6.45) is 24.9. The van der Waals surface area contributed by atoms with Crippen LogP contribution in [0, 0.1) is 0 Å². The Balaban J connectivity index is 3.17. The quantitative estimate of drug-likeness (QED) is 0.156. The summed E-state index contributed by atoms with van der Waals surface area (Å²) < 4.78 is 4.51. The number of hydrogen-bond acceptors (Lipinski definition) is 3. The van der Waals surface area contributed by atoms with Gasteiger partial charge in [0.25, 0.3) is 0 Å². The molecule has 0 saturated heterocycles. The minimum atomic E-state index is -0.936. The van der Waals surface area contributed by atoms with Gasteiger partial charge in [0.1, 0.15) is 0 Å². The van der Waals surface area contributed by atoms with Crippen molar-refractivity contribution in [1.29, 1.82) is 0 Å². The largest absolute Gasteiger partial charge is 0.467 e. The molecule has 1 N–H and O–H groups in total. The Morgan fingerprint density at radius 2 is 1.19 bits per heavy atom. The highest BCUT2D eigenvalue weighted by atomic mass is 16.5. The highest BCUT2D eigenvalue weighted by Crippen LogP contribution is 2.12. The van der Waals surface area contributed by atoms with Crippen LogP contribution in [-0.2, 0) is 9.53 Å². The van der Waals surface area contributed by atoms with Gasteiger partial charge in [-0.05, 0) is 32.1 Å². The first-order chi connectivity index (χ1) is 12.7. The van der Waals surface area contributed by atoms with Crippen molar-refractivity contribution in [2.75, 3.05) is 7.11 Å². The van der Waals surface area contributed by atoms with Crippen LogP contribution in [-0.4, -0.2) is 24.3 Å². The van der Waals surface area contributed by atoms with Crippen molar-refractivity contribution in [3.63, 3.8) is 0 Å². The predicted molar refractivity (Wildman–Crippen MR) is 111 cm³/mol. The smallest absolute Gasteiger partial charge is 0.334 e. The third-order valence-corrected chi connectivity index (χ3v) is 4.96. The van der Waals surface area contributed by atoms with Gasteiger partial charge in [-0.25, -0.2) is 4.79 Å². The normalized spacial score (nSPS) is 12.6. The van der Waals surface area contributed by atoms with Crippen LogP contribution in [0.1, 0.15) is 116 Å². The molecule has 154 valence electrons. The number of esters is 1. The Labute approximate surface area is 162 Å². The Hall–Kier alpha value is -0.830. The fourth-order valence-electron chi connectivity index (χ4n) is 3.19. The molecule has 0 aliphatic rings. The Bertz CT molecular complexity index is 325. The Morgan fingerprint density at radius 3 is 1.65 bits per heavy atom. The van der Waals surface area contributed by atoms with E-state index in [2.05, 4.69) is 23.8 Å². The van der Waals surface area contributed by atoms with E-state index in [-0.39, 0.29) is 0 Å². The van der Waals surface area contributed by atoms with Gasteiger partial charge in [0.15, 0.2) is 6.10 Å². The van der Waals surface area contributed by atoms with Crippen LogP contribution in [0.4, 0.5) is 0 Å². The van der Waals surface area contributed by atoms with Gasteiger partial charge in [0.2, 0.25) is 0 Å². The summed E-state index contributed by atoms with van der Waals surface area (Å²) in [6.45, 7) is 2.27. The molecule has 0 amide bonds. The number of carbonyl (C=O) groups excluding carboxylic acids is 1. The summed E-state index contributed by atoms with van der Waals surface area (Å²) >= 11 is 0. The number of rotatable bonds is 19. The van der Waals surface area contributed by atoms with Crippen molar-refractivity contribution >= 4 is 5.97 Å². The third kappa shape index (κ3) is 18.0. The zero-order valence-electron chi connectivity index (χ0n) is 17.5. The molecule has 0 spiro atoms.